The van der Waals surface area contributed by atoms with Crippen molar-refractivity contribution in [1.29, 1.82) is 0 Å². The van der Waals surface area contributed by atoms with Gasteiger partial charge in [-0.3, -0.25) is 0 Å². The molecule has 0 N–H and O–H groups in total. The Labute approximate surface area is 212 Å². The lowest BCUT2D eigenvalue weighted by Gasteiger charge is -2.24. The van der Waals surface area contributed by atoms with Crippen molar-refractivity contribution in [3.63, 3.8) is 0 Å². The molecule has 0 saturated heterocycles. The van der Waals surface area contributed by atoms with Gasteiger partial charge in [0, 0.05) is 34.3 Å². The van der Waals surface area contributed by atoms with Crippen molar-refractivity contribution >= 4 is 65.5 Å². The van der Waals surface area contributed by atoms with Gasteiger partial charge in [0.2, 0.25) is 0 Å². The zero-order valence-corrected chi connectivity index (χ0v) is 20.6. The Bertz CT molecular complexity index is 1740. The second-order valence-electron chi connectivity index (χ2n) is 8.98. The zero-order chi connectivity index (χ0) is 23.4. The molecule has 0 amide bonds. The van der Waals surface area contributed by atoms with Crippen LogP contribution in [0.5, 0.6) is 0 Å². The molecule has 0 aliphatic carbocycles. The zero-order valence-electron chi connectivity index (χ0n) is 19.0. The van der Waals surface area contributed by atoms with Crippen LogP contribution in [0, 0.1) is 0 Å². The molecule has 1 atom stereocenters. The number of fused-ring (bicyclic) bond motifs is 7. The van der Waals surface area contributed by atoms with Gasteiger partial charge in [0.05, 0.1) is 5.03 Å². The van der Waals surface area contributed by atoms with Crippen LogP contribution in [0.4, 0.5) is 5.69 Å². The van der Waals surface area contributed by atoms with Crippen LogP contribution in [0.25, 0.3) is 32.3 Å². The first kappa shape index (κ1) is 20.8. The molecule has 0 fully saturated rings. The number of benzene rings is 5. The molecule has 168 valence electrons. The summed E-state index contributed by atoms with van der Waals surface area (Å²) in [6, 6.07) is 35.0. The molecule has 2 aliphatic rings. The molecule has 0 saturated carbocycles. The van der Waals surface area contributed by atoms with E-state index in [0.717, 1.165) is 22.0 Å². The molecule has 2 aliphatic heterocycles. The Morgan fingerprint density at radius 1 is 0.657 bits per heavy atom. The van der Waals surface area contributed by atoms with Gasteiger partial charge in [-0.1, -0.05) is 96.5 Å². The quantitative estimate of drug-likeness (QED) is 0.181. The summed E-state index contributed by atoms with van der Waals surface area (Å²) in [5.74, 6) is 0.975. The Balaban J connectivity index is 1.35. The molecule has 0 spiro atoms. The summed E-state index contributed by atoms with van der Waals surface area (Å²) in [6.45, 7) is 0. The minimum absolute atomic E-state index is 0.0501. The molecular formula is C32H22ClNS. The fourth-order valence-electron chi connectivity index (χ4n) is 5.22. The van der Waals surface area contributed by atoms with Crippen LogP contribution in [0.1, 0.15) is 5.56 Å². The van der Waals surface area contributed by atoms with Crippen molar-refractivity contribution in [2.45, 2.75) is 5.75 Å². The fraction of sp³-hybridized carbons (Fsp3) is 0.0312. The fourth-order valence-corrected chi connectivity index (χ4v) is 7.77. The van der Waals surface area contributed by atoms with Crippen molar-refractivity contribution in [2.75, 3.05) is 4.90 Å². The molecule has 35 heavy (non-hydrogen) atoms. The number of anilines is 1. The summed E-state index contributed by atoms with van der Waals surface area (Å²) in [4.78, 5) is 3.56. The van der Waals surface area contributed by atoms with Crippen molar-refractivity contribution in [3.8, 4) is 0 Å². The molecule has 0 bridgehead atoms. The van der Waals surface area contributed by atoms with E-state index in [1.807, 2.05) is 0 Å². The van der Waals surface area contributed by atoms with Crippen LogP contribution in [0.3, 0.4) is 0 Å². The average molecular weight is 488 g/mol. The van der Waals surface area contributed by atoms with Crippen molar-refractivity contribution < 1.29 is 0 Å². The molecule has 1 unspecified atom stereocenters. The molecule has 5 aromatic carbocycles. The summed E-state index contributed by atoms with van der Waals surface area (Å²) in [5, 5.41) is 10.9. The van der Waals surface area contributed by atoms with E-state index in [1.165, 1.54) is 42.8 Å². The molecule has 2 heterocycles. The maximum absolute atomic E-state index is 6.66. The van der Waals surface area contributed by atoms with Crippen LogP contribution >= 0.6 is 22.1 Å². The highest BCUT2D eigenvalue weighted by atomic mass is 35.5. The number of hydrogen-bond donors (Lipinski definition) is 0. The third-order valence-corrected chi connectivity index (χ3v) is 9.40. The SMILES string of the molecule is ClC1=C2C=CN(c3ccc4c5ccccc5c5ccccc5c4c3)C=C2S(Cc2ccccc2)=C1. The minimum Gasteiger partial charge on any atom is -0.323 e. The Hall–Kier alpha value is -3.59. The Morgan fingerprint density at radius 3 is 1.94 bits per heavy atom. The number of rotatable bonds is 3. The normalized spacial score (nSPS) is 17.2. The van der Waals surface area contributed by atoms with E-state index < -0.39 is 0 Å². The van der Waals surface area contributed by atoms with Gasteiger partial charge < -0.3 is 4.90 Å². The summed E-state index contributed by atoms with van der Waals surface area (Å²) in [5.41, 5.74) is 3.65. The summed E-state index contributed by atoms with van der Waals surface area (Å²) in [7, 11) is -0.0501. The molecule has 3 heteroatoms. The first-order valence-corrected chi connectivity index (χ1v) is 13.6. The average Bonchev–Trinajstić information content (AvgIpc) is 3.23. The van der Waals surface area contributed by atoms with Crippen LogP contribution < -0.4 is 4.90 Å². The first-order valence-electron chi connectivity index (χ1n) is 11.8. The molecule has 1 nitrogen and oxygen atoms in total. The van der Waals surface area contributed by atoms with Crippen molar-refractivity contribution in [2.24, 2.45) is 0 Å². The van der Waals surface area contributed by atoms with Gasteiger partial charge in [-0.25, -0.2) is 0 Å². The summed E-state index contributed by atoms with van der Waals surface area (Å²) >= 11 is 6.66. The van der Waals surface area contributed by atoms with Gasteiger partial charge in [0.25, 0.3) is 0 Å². The highest BCUT2D eigenvalue weighted by Crippen LogP contribution is 2.46. The van der Waals surface area contributed by atoms with Gasteiger partial charge >= 0.3 is 0 Å². The lowest BCUT2D eigenvalue weighted by Crippen LogP contribution is -2.12. The van der Waals surface area contributed by atoms with Gasteiger partial charge in [-0.15, -0.1) is 10.5 Å². The third-order valence-electron chi connectivity index (χ3n) is 6.90. The molecule has 5 aromatic rings. The van der Waals surface area contributed by atoms with Crippen molar-refractivity contribution in [3.05, 3.63) is 137 Å². The van der Waals surface area contributed by atoms with Gasteiger partial charge in [-0.2, -0.15) is 0 Å². The predicted molar refractivity (Wildman–Crippen MR) is 155 cm³/mol. The topological polar surface area (TPSA) is 3.24 Å². The van der Waals surface area contributed by atoms with E-state index in [4.69, 9.17) is 11.6 Å². The van der Waals surface area contributed by atoms with E-state index in [9.17, 15) is 0 Å². The third kappa shape index (κ3) is 3.44. The van der Waals surface area contributed by atoms with Gasteiger partial charge in [-0.05, 0) is 61.5 Å². The van der Waals surface area contributed by atoms with E-state index >= 15 is 0 Å². The first-order chi connectivity index (χ1) is 17.3. The van der Waals surface area contributed by atoms with Crippen LogP contribution in [0.2, 0.25) is 0 Å². The lowest BCUT2D eigenvalue weighted by atomic mass is 9.94. The monoisotopic (exact) mass is 487 g/mol. The standard InChI is InChI=1S/C32H22ClNS/c33-31-21-35(20-22-8-2-1-3-9-22)32-19-34(17-16-29(31)32)23-14-15-28-26-12-5-4-10-24(26)25-11-6-7-13-27(25)30(28)18-23/h1-19,21H,20H2. The Morgan fingerprint density at radius 2 is 1.26 bits per heavy atom. The highest BCUT2D eigenvalue weighted by Gasteiger charge is 2.23. The lowest BCUT2D eigenvalue weighted by molar-refractivity contribution is 1.25. The number of halogens is 1. The molecule has 0 aromatic heterocycles. The second kappa shape index (κ2) is 8.27. The van der Waals surface area contributed by atoms with Crippen LogP contribution in [0.15, 0.2) is 131 Å². The largest absolute Gasteiger partial charge is 0.323 e. The second-order valence-corrected chi connectivity index (χ2v) is 11.2. The van der Waals surface area contributed by atoms with Gasteiger partial charge in [0.1, 0.15) is 0 Å². The number of nitrogens with zero attached hydrogens (tertiary/aromatic N) is 1. The number of hydrogen-bond acceptors (Lipinski definition) is 1. The van der Waals surface area contributed by atoms with Crippen LogP contribution in [-0.2, 0) is 5.75 Å². The molecule has 7 rings (SSSR count). The van der Waals surface area contributed by atoms with E-state index in [0.29, 0.717) is 0 Å². The van der Waals surface area contributed by atoms with Crippen LogP contribution in [-0.4, -0.2) is 5.37 Å². The smallest absolute Gasteiger partial charge is 0.0549 e. The maximum atomic E-state index is 6.66. The number of allylic oxidation sites excluding steroid dienone is 3. The summed E-state index contributed by atoms with van der Waals surface area (Å²) < 4.78 is 0. The Kier molecular flexibility index (Phi) is 4.90. The predicted octanol–water partition coefficient (Wildman–Crippen LogP) is 9.10. The van der Waals surface area contributed by atoms with Crippen molar-refractivity contribution in [1.82, 2.24) is 0 Å². The van der Waals surface area contributed by atoms with E-state index in [2.05, 4.69) is 126 Å². The van der Waals surface area contributed by atoms with E-state index in [1.54, 1.807) is 0 Å². The maximum Gasteiger partial charge on any atom is 0.0549 e. The van der Waals surface area contributed by atoms with Gasteiger partial charge in [0.15, 0.2) is 0 Å². The van der Waals surface area contributed by atoms with E-state index in [-0.39, 0.29) is 10.5 Å². The molecule has 0 radical (unpaired) electrons. The summed E-state index contributed by atoms with van der Waals surface area (Å²) in [6.07, 6.45) is 6.57. The highest BCUT2D eigenvalue weighted by molar-refractivity contribution is 8.18. The molecular weight excluding hydrogens is 466 g/mol. The minimum atomic E-state index is -0.0501.